The van der Waals surface area contributed by atoms with Gasteiger partial charge in [0.2, 0.25) is 0 Å². The molecule has 0 aliphatic rings. The van der Waals surface area contributed by atoms with Crippen molar-refractivity contribution in [3.63, 3.8) is 0 Å². The maximum absolute atomic E-state index is 11.5. The molecule has 0 fully saturated rings. The van der Waals surface area contributed by atoms with Crippen LogP contribution in [0.15, 0.2) is 36.4 Å². The highest BCUT2D eigenvalue weighted by atomic mass is 35.5. The lowest BCUT2D eigenvalue weighted by Crippen LogP contribution is -2.29. The molecule has 0 spiro atoms. The molecule has 116 valence electrons. The molecule has 0 unspecified atom stereocenters. The molecule has 2 rings (SSSR count). The van der Waals surface area contributed by atoms with Crippen LogP contribution in [0.2, 0.25) is 5.02 Å². The summed E-state index contributed by atoms with van der Waals surface area (Å²) in [6.45, 7) is 5.82. The van der Waals surface area contributed by atoms with Gasteiger partial charge in [0.05, 0.1) is 0 Å². The predicted molar refractivity (Wildman–Crippen MR) is 87.9 cm³/mol. The van der Waals surface area contributed by atoms with Gasteiger partial charge in [-0.15, -0.1) is 0 Å². The summed E-state index contributed by atoms with van der Waals surface area (Å²) in [5.41, 5.74) is 3.88. The van der Waals surface area contributed by atoms with E-state index in [1.54, 1.807) is 6.07 Å². The molecule has 0 saturated carbocycles. The van der Waals surface area contributed by atoms with E-state index in [1.165, 1.54) is 0 Å². The summed E-state index contributed by atoms with van der Waals surface area (Å²) in [5.74, 6) is -0.418. The van der Waals surface area contributed by atoms with Gasteiger partial charge in [-0.3, -0.25) is 0 Å². The molecule has 0 saturated heterocycles. The monoisotopic (exact) mass is 318 g/mol. The first-order valence-electron chi connectivity index (χ1n) is 7.08. The van der Waals surface area contributed by atoms with E-state index in [4.69, 9.17) is 16.3 Å². The third-order valence-corrected chi connectivity index (χ3v) is 3.81. The molecule has 1 atom stereocenters. The van der Waals surface area contributed by atoms with E-state index < -0.39 is 12.1 Å². The second kappa shape index (κ2) is 6.84. The van der Waals surface area contributed by atoms with E-state index in [1.807, 2.05) is 51.1 Å². The lowest BCUT2D eigenvalue weighted by atomic mass is 10.1. The zero-order valence-corrected chi connectivity index (χ0v) is 13.6. The Morgan fingerprint density at radius 3 is 2.32 bits per heavy atom. The van der Waals surface area contributed by atoms with Crippen molar-refractivity contribution < 1.29 is 14.6 Å². The number of carboxylic acid groups (broad SMARTS) is 1. The minimum absolute atomic E-state index is 0.266. The number of carboxylic acids is 1. The zero-order valence-electron chi connectivity index (χ0n) is 12.9. The van der Waals surface area contributed by atoms with Gasteiger partial charge in [0.1, 0.15) is 5.75 Å². The van der Waals surface area contributed by atoms with Crippen molar-refractivity contribution in [2.45, 2.75) is 33.3 Å². The van der Waals surface area contributed by atoms with Crippen LogP contribution in [0, 0.1) is 20.8 Å². The van der Waals surface area contributed by atoms with E-state index in [0.29, 0.717) is 10.8 Å². The summed E-state index contributed by atoms with van der Waals surface area (Å²) >= 11 is 6.09. The molecule has 0 radical (unpaired) electrons. The van der Waals surface area contributed by atoms with Gasteiger partial charge in [-0.25, -0.2) is 4.79 Å². The van der Waals surface area contributed by atoms with Gasteiger partial charge in [-0.2, -0.15) is 0 Å². The highest BCUT2D eigenvalue weighted by Gasteiger charge is 2.20. The number of hydrogen-bond acceptors (Lipinski definition) is 2. The van der Waals surface area contributed by atoms with E-state index in [0.717, 1.165) is 22.3 Å². The van der Waals surface area contributed by atoms with E-state index >= 15 is 0 Å². The molecule has 0 heterocycles. The van der Waals surface area contributed by atoms with E-state index in [-0.39, 0.29) is 6.42 Å². The summed E-state index contributed by atoms with van der Waals surface area (Å²) in [7, 11) is 0. The van der Waals surface area contributed by atoms with E-state index in [9.17, 15) is 9.90 Å². The van der Waals surface area contributed by atoms with Crippen LogP contribution in [-0.2, 0) is 11.2 Å². The zero-order chi connectivity index (χ0) is 16.3. The summed E-state index contributed by atoms with van der Waals surface area (Å²) in [6.07, 6.45) is -0.678. The van der Waals surface area contributed by atoms with E-state index in [2.05, 4.69) is 0 Å². The first kappa shape index (κ1) is 16.4. The number of rotatable bonds is 5. The van der Waals surface area contributed by atoms with Gasteiger partial charge in [0.15, 0.2) is 6.10 Å². The molecule has 22 heavy (non-hydrogen) atoms. The second-order valence-corrected chi connectivity index (χ2v) is 5.96. The Kier molecular flexibility index (Phi) is 5.09. The number of aryl methyl sites for hydroxylation is 3. The summed E-state index contributed by atoms with van der Waals surface area (Å²) < 4.78 is 5.67. The fourth-order valence-electron chi connectivity index (χ4n) is 2.32. The van der Waals surface area contributed by atoms with Gasteiger partial charge in [0.25, 0.3) is 0 Å². The van der Waals surface area contributed by atoms with Crippen molar-refractivity contribution in [3.05, 3.63) is 63.7 Å². The number of aliphatic carboxylic acids is 1. The Morgan fingerprint density at radius 1 is 1.14 bits per heavy atom. The molecule has 3 nitrogen and oxygen atoms in total. The number of carbonyl (C=O) groups is 1. The number of halogens is 1. The average molecular weight is 319 g/mol. The quantitative estimate of drug-likeness (QED) is 0.892. The molecule has 0 bridgehead atoms. The lowest BCUT2D eigenvalue weighted by molar-refractivity contribution is -0.145. The van der Waals surface area contributed by atoms with Crippen LogP contribution >= 0.6 is 11.6 Å². The van der Waals surface area contributed by atoms with Crippen LogP contribution in [0.3, 0.4) is 0 Å². The Labute approximate surface area is 135 Å². The molecule has 2 aromatic carbocycles. The van der Waals surface area contributed by atoms with Crippen LogP contribution in [0.5, 0.6) is 5.75 Å². The van der Waals surface area contributed by atoms with Crippen molar-refractivity contribution in [2.75, 3.05) is 0 Å². The summed E-state index contributed by atoms with van der Waals surface area (Å²) in [4.78, 5) is 11.5. The van der Waals surface area contributed by atoms with Crippen LogP contribution in [-0.4, -0.2) is 17.2 Å². The van der Waals surface area contributed by atoms with Gasteiger partial charge in [0, 0.05) is 11.4 Å². The highest BCUT2D eigenvalue weighted by Crippen LogP contribution is 2.21. The van der Waals surface area contributed by atoms with Gasteiger partial charge >= 0.3 is 5.97 Å². The topological polar surface area (TPSA) is 46.5 Å². The van der Waals surface area contributed by atoms with Crippen LogP contribution < -0.4 is 4.74 Å². The van der Waals surface area contributed by atoms with Crippen LogP contribution in [0.25, 0.3) is 0 Å². The van der Waals surface area contributed by atoms with Crippen molar-refractivity contribution in [3.8, 4) is 5.75 Å². The molecule has 2 aromatic rings. The minimum atomic E-state index is -0.990. The standard InChI is InChI=1S/C18H19ClO3/c1-11-6-12(2)8-15(7-11)22-17(18(20)21)10-14-5-4-13(3)16(19)9-14/h4-9,17H,10H2,1-3H3,(H,20,21)/t17-/m0/s1. The maximum Gasteiger partial charge on any atom is 0.345 e. The molecule has 0 aliphatic carbocycles. The Hall–Kier alpha value is -2.00. The van der Waals surface area contributed by atoms with Gasteiger partial charge in [-0.05, 0) is 61.2 Å². The number of ether oxygens (including phenoxy) is 1. The molecular formula is C18H19ClO3. The molecule has 0 amide bonds. The molecule has 1 N–H and O–H groups in total. The summed E-state index contributed by atoms with van der Waals surface area (Å²) in [6, 6.07) is 11.2. The largest absolute Gasteiger partial charge is 0.478 e. The average Bonchev–Trinajstić information content (AvgIpc) is 2.41. The maximum atomic E-state index is 11.5. The van der Waals surface area contributed by atoms with Crippen LogP contribution in [0.1, 0.15) is 22.3 Å². The third-order valence-electron chi connectivity index (χ3n) is 3.41. The first-order valence-corrected chi connectivity index (χ1v) is 7.46. The summed E-state index contributed by atoms with van der Waals surface area (Å²) in [5, 5.41) is 10.0. The molecule has 4 heteroatoms. The van der Waals surface area contributed by atoms with Crippen molar-refractivity contribution in [1.82, 2.24) is 0 Å². The Morgan fingerprint density at radius 2 is 1.77 bits per heavy atom. The molecular weight excluding hydrogens is 300 g/mol. The normalized spacial score (nSPS) is 12.0. The lowest BCUT2D eigenvalue weighted by Gasteiger charge is -2.16. The van der Waals surface area contributed by atoms with Crippen molar-refractivity contribution in [2.24, 2.45) is 0 Å². The molecule has 0 aliphatic heterocycles. The van der Waals surface area contributed by atoms with Crippen LogP contribution in [0.4, 0.5) is 0 Å². The highest BCUT2D eigenvalue weighted by molar-refractivity contribution is 6.31. The minimum Gasteiger partial charge on any atom is -0.478 e. The van der Waals surface area contributed by atoms with Gasteiger partial charge < -0.3 is 9.84 Å². The van der Waals surface area contributed by atoms with Gasteiger partial charge in [-0.1, -0.05) is 29.8 Å². The number of hydrogen-bond donors (Lipinski definition) is 1. The van der Waals surface area contributed by atoms with Crippen molar-refractivity contribution in [1.29, 1.82) is 0 Å². The number of benzene rings is 2. The fourth-order valence-corrected chi connectivity index (χ4v) is 2.53. The molecule has 0 aromatic heterocycles. The van der Waals surface area contributed by atoms with Crippen molar-refractivity contribution >= 4 is 17.6 Å². The predicted octanol–water partition coefficient (Wildman–Crippen LogP) is 4.34. The smallest absolute Gasteiger partial charge is 0.345 e. The Bertz CT molecular complexity index is 674. The Balaban J connectivity index is 2.19. The SMILES string of the molecule is Cc1cc(C)cc(O[C@@H](Cc2ccc(C)c(Cl)c2)C(=O)O)c1. The third kappa shape index (κ3) is 4.25. The fraction of sp³-hybridized carbons (Fsp3) is 0.278. The first-order chi connectivity index (χ1) is 10.3. The second-order valence-electron chi connectivity index (χ2n) is 5.56.